The topological polar surface area (TPSA) is 80.5 Å². The van der Waals surface area contributed by atoms with Crippen molar-refractivity contribution in [1.82, 2.24) is 20.2 Å². The van der Waals surface area contributed by atoms with Crippen LogP contribution in [0.4, 0.5) is 5.82 Å². The van der Waals surface area contributed by atoms with E-state index in [1.54, 1.807) is 0 Å². The van der Waals surface area contributed by atoms with E-state index in [4.69, 9.17) is 5.73 Å². The average Bonchev–Trinajstić information content (AvgIpc) is 2.59. The van der Waals surface area contributed by atoms with Gasteiger partial charge in [0.1, 0.15) is 17.8 Å². The van der Waals surface area contributed by atoms with E-state index in [1.165, 1.54) is 6.33 Å². The Morgan fingerprint density at radius 3 is 3.14 bits per heavy atom. The Morgan fingerprint density at radius 1 is 1.50 bits per heavy atom. The van der Waals surface area contributed by atoms with Crippen LogP contribution in [0.2, 0.25) is 0 Å². The number of H-pyrrole nitrogens is 1. The van der Waals surface area contributed by atoms with Gasteiger partial charge in [-0.2, -0.15) is 5.10 Å². The maximum Gasteiger partial charge on any atom is 0.187 e. The third-order valence-corrected chi connectivity index (χ3v) is 1.94. The van der Waals surface area contributed by atoms with Gasteiger partial charge in [0.15, 0.2) is 5.65 Å². The Hall–Kier alpha value is -1.61. The molecule has 2 heterocycles. The lowest BCUT2D eigenvalue weighted by Gasteiger charge is -1.91. The van der Waals surface area contributed by atoms with E-state index in [9.17, 15) is 0 Å². The second-order valence-corrected chi connectivity index (χ2v) is 3.05. The molecule has 3 N–H and O–H groups in total. The molecule has 2 rings (SSSR count). The SMILES string of the molecule is Nc1ncnc2n[nH]c(C#CCBr)c12. The molecule has 0 aliphatic rings. The molecule has 0 amide bonds. The van der Waals surface area contributed by atoms with E-state index in [0.29, 0.717) is 27.9 Å². The molecular formula is C8H6BrN5. The Balaban J connectivity index is 2.67. The Bertz CT molecular complexity index is 521. The summed E-state index contributed by atoms with van der Waals surface area (Å²) in [5.74, 6) is 6.13. The minimum Gasteiger partial charge on any atom is -0.383 e. The van der Waals surface area contributed by atoms with Crippen molar-refractivity contribution >= 4 is 32.8 Å². The van der Waals surface area contributed by atoms with Crippen molar-refractivity contribution in [3.63, 3.8) is 0 Å². The van der Waals surface area contributed by atoms with Crippen LogP contribution < -0.4 is 5.73 Å². The van der Waals surface area contributed by atoms with Crippen LogP contribution >= 0.6 is 15.9 Å². The number of halogens is 1. The highest BCUT2D eigenvalue weighted by atomic mass is 79.9. The fourth-order valence-electron chi connectivity index (χ4n) is 1.09. The average molecular weight is 252 g/mol. The molecule has 0 saturated carbocycles. The van der Waals surface area contributed by atoms with Crippen LogP contribution in [0.1, 0.15) is 5.69 Å². The molecule has 0 aliphatic heterocycles. The summed E-state index contributed by atoms with van der Waals surface area (Å²) in [4.78, 5) is 7.83. The number of nitrogen functional groups attached to an aromatic ring is 1. The fourth-order valence-corrected chi connectivity index (χ4v) is 1.23. The maximum absolute atomic E-state index is 5.68. The van der Waals surface area contributed by atoms with Crippen LogP contribution in [-0.4, -0.2) is 25.5 Å². The number of hydrogen-bond donors (Lipinski definition) is 2. The minimum atomic E-state index is 0.391. The first-order valence-electron chi connectivity index (χ1n) is 3.82. The number of aromatic amines is 1. The monoisotopic (exact) mass is 251 g/mol. The molecule has 0 fully saturated rings. The standard InChI is InChI=1S/C8H6BrN5/c9-3-1-2-5-6-7(10)11-4-12-8(6)14-13-5/h4H,3H2,(H3,10,11,12,13,14). The van der Waals surface area contributed by atoms with Crippen molar-refractivity contribution in [1.29, 1.82) is 0 Å². The second-order valence-electron chi connectivity index (χ2n) is 2.49. The molecule has 5 nitrogen and oxygen atoms in total. The Labute approximate surface area is 88.3 Å². The molecule has 0 aliphatic carbocycles. The highest BCUT2D eigenvalue weighted by Crippen LogP contribution is 2.17. The number of aromatic nitrogens is 4. The lowest BCUT2D eigenvalue weighted by Crippen LogP contribution is -1.92. The van der Waals surface area contributed by atoms with Gasteiger partial charge >= 0.3 is 0 Å². The van der Waals surface area contributed by atoms with Gasteiger partial charge in [-0.3, -0.25) is 5.10 Å². The predicted octanol–water partition coefficient (Wildman–Crippen LogP) is 0.681. The molecule has 0 aromatic carbocycles. The van der Waals surface area contributed by atoms with Crippen molar-refractivity contribution in [3.8, 4) is 11.8 Å². The molecule has 0 bridgehead atoms. The summed E-state index contributed by atoms with van der Waals surface area (Å²) in [5.41, 5.74) is 6.87. The largest absolute Gasteiger partial charge is 0.383 e. The summed E-state index contributed by atoms with van der Waals surface area (Å²) in [6.07, 6.45) is 1.38. The van der Waals surface area contributed by atoms with Gasteiger partial charge in [0, 0.05) is 0 Å². The minimum absolute atomic E-state index is 0.391. The number of nitrogens with zero attached hydrogens (tertiary/aromatic N) is 3. The van der Waals surface area contributed by atoms with Gasteiger partial charge in [-0.25, -0.2) is 9.97 Å². The molecule has 0 radical (unpaired) electrons. The van der Waals surface area contributed by atoms with Gasteiger partial charge in [0.05, 0.1) is 10.7 Å². The molecule has 0 unspecified atom stereocenters. The zero-order valence-corrected chi connectivity index (χ0v) is 8.67. The number of nitrogens with two attached hydrogens (primary N) is 1. The number of hydrogen-bond acceptors (Lipinski definition) is 4. The van der Waals surface area contributed by atoms with Crippen molar-refractivity contribution in [2.75, 3.05) is 11.1 Å². The Morgan fingerprint density at radius 2 is 2.36 bits per heavy atom. The highest BCUT2D eigenvalue weighted by molar-refractivity contribution is 9.09. The van der Waals surface area contributed by atoms with Crippen LogP contribution in [0, 0.1) is 11.8 Å². The fraction of sp³-hybridized carbons (Fsp3) is 0.125. The Kier molecular flexibility index (Phi) is 2.33. The van der Waals surface area contributed by atoms with E-state index in [1.807, 2.05) is 0 Å². The van der Waals surface area contributed by atoms with Crippen LogP contribution in [0.15, 0.2) is 6.33 Å². The third-order valence-electron chi connectivity index (χ3n) is 1.66. The van der Waals surface area contributed by atoms with Gasteiger partial charge in [-0.1, -0.05) is 21.9 Å². The molecule has 0 atom stereocenters. The molecule has 0 saturated heterocycles. The summed E-state index contributed by atoms with van der Waals surface area (Å²) < 4.78 is 0. The first-order valence-corrected chi connectivity index (χ1v) is 4.94. The molecule has 2 aromatic heterocycles. The highest BCUT2D eigenvalue weighted by Gasteiger charge is 2.07. The smallest absolute Gasteiger partial charge is 0.187 e. The molecule has 6 heteroatoms. The number of rotatable bonds is 0. The van der Waals surface area contributed by atoms with E-state index < -0.39 is 0 Å². The second kappa shape index (κ2) is 3.64. The van der Waals surface area contributed by atoms with Gasteiger partial charge in [-0.15, -0.1) is 0 Å². The van der Waals surface area contributed by atoms with Gasteiger partial charge in [0.25, 0.3) is 0 Å². The summed E-state index contributed by atoms with van der Waals surface area (Å²) in [6.45, 7) is 0. The van der Waals surface area contributed by atoms with Crippen LogP contribution in [0.3, 0.4) is 0 Å². The summed E-state index contributed by atoms with van der Waals surface area (Å²) in [5, 5.41) is 8.00. The summed E-state index contributed by atoms with van der Waals surface area (Å²) in [7, 11) is 0. The number of nitrogens with one attached hydrogen (secondary N) is 1. The predicted molar refractivity (Wildman–Crippen MR) is 56.8 cm³/mol. The number of anilines is 1. The summed E-state index contributed by atoms with van der Waals surface area (Å²) in [6, 6.07) is 0. The quantitative estimate of drug-likeness (QED) is 0.533. The summed E-state index contributed by atoms with van der Waals surface area (Å²) >= 11 is 3.21. The molecule has 70 valence electrons. The normalized spacial score (nSPS) is 9.79. The van der Waals surface area contributed by atoms with Gasteiger partial charge in [-0.05, 0) is 5.92 Å². The lowest BCUT2D eigenvalue weighted by atomic mass is 10.3. The van der Waals surface area contributed by atoms with E-state index in [-0.39, 0.29) is 0 Å². The van der Waals surface area contributed by atoms with Crippen LogP contribution in [0.5, 0.6) is 0 Å². The van der Waals surface area contributed by atoms with Crippen molar-refractivity contribution in [2.24, 2.45) is 0 Å². The lowest BCUT2D eigenvalue weighted by molar-refractivity contribution is 1.08. The third kappa shape index (κ3) is 1.42. The van der Waals surface area contributed by atoms with E-state index >= 15 is 0 Å². The number of alkyl halides is 1. The van der Waals surface area contributed by atoms with Crippen molar-refractivity contribution in [2.45, 2.75) is 0 Å². The first kappa shape index (κ1) is 8.97. The molecule has 2 aromatic rings. The van der Waals surface area contributed by atoms with Gasteiger partial charge in [0.2, 0.25) is 0 Å². The van der Waals surface area contributed by atoms with Crippen molar-refractivity contribution in [3.05, 3.63) is 12.0 Å². The van der Waals surface area contributed by atoms with Crippen molar-refractivity contribution < 1.29 is 0 Å². The zero-order valence-electron chi connectivity index (χ0n) is 7.08. The van der Waals surface area contributed by atoms with Gasteiger partial charge < -0.3 is 5.73 Å². The van der Waals surface area contributed by atoms with Crippen LogP contribution in [-0.2, 0) is 0 Å². The first-order chi connectivity index (χ1) is 6.83. The molecule has 14 heavy (non-hydrogen) atoms. The van der Waals surface area contributed by atoms with E-state index in [0.717, 1.165) is 0 Å². The van der Waals surface area contributed by atoms with Crippen LogP contribution in [0.25, 0.3) is 11.0 Å². The van der Waals surface area contributed by atoms with E-state index in [2.05, 4.69) is 47.9 Å². The number of fused-ring (bicyclic) bond motifs is 1. The zero-order chi connectivity index (χ0) is 9.97. The molecule has 0 spiro atoms. The maximum atomic E-state index is 5.68. The molecular weight excluding hydrogens is 246 g/mol.